The number of hydrogen-bond donors (Lipinski definition) is 1. The number of carbonyl (C=O) groups excluding carboxylic acids is 1. The van der Waals surface area contributed by atoms with Gasteiger partial charge in [0.15, 0.2) is 5.78 Å². The number of benzene rings is 1. The Kier molecular flexibility index (Phi) is 3.11. The van der Waals surface area contributed by atoms with E-state index in [0.717, 1.165) is 29.9 Å². The fourth-order valence-corrected chi connectivity index (χ4v) is 2.71. The number of Topliss-reactive ketones (excluding diaryl/α,β-unsaturated/α-hetero) is 1. The van der Waals surface area contributed by atoms with Crippen LogP contribution >= 0.6 is 0 Å². The summed E-state index contributed by atoms with van der Waals surface area (Å²) in [5.41, 5.74) is 3.13. The van der Waals surface area contributed by atoms with Crippen molar-refractivity contribution in [1.82, 2.24) is 5.32 Å². The number of hydrogen-bond acceptors (Lipinski definition) is 3. The average molecular weight is 255 g/mol. The Bertz CT molecular complexity index is 572. The van der Waals surface area contributed by atoms with Crippen molar-refractivity contribution in [1.29, 1.82) is 0 Å². The highest BCUT2D eigenvalue weighted by Gasteiger charge is 2.25. The van der Waals surface area contributed by atoms with E-state index in [1.54, 1.807) is 7.11 Å². The van der Waals surface area contributed by atoms with Gasteiger partial charge in [-0.15, -0.1) is 0 Å². The SMILES string of the molecule is COc1cccc(C2CCC3=C(N2)C(=O)CC=C3)c1. The summed E-state index contributed by atoms with van der Waals surface area (Å²) < 4.78 is 5.26. The van der Waals surface area contributed by atoms with Gasteiger partial charge in [0, 0.05) is 6.42 Å². The van der Waals surface area contributed by atoms with Crippen LogP contribution < -0.4 is 10.1 Å². The van der Waals surface area contributed by atoms with Crippen molar-refractivity contribution in [2.24, 2.45) is 0 Å². The Morgan fingerprint density at radius 2 is 2.26 bits per heavy atom. The first-order valence-electron chi connectivity index (χ1n) is 6.61. The third-order valence-electron chi connectivity index (χ3n) is 3.74. The van der Waals surface area contributed by atoms with E-state index in [1.165, 1.54) is 5.56 Å². The summed E-state index contributed by atoms with van der Waals surface area (Å²) in [7, 11) is 1.67. The number of ketones is 1. The predicted molar refractivity (Wildman–Crippen MR) is 73.9 cm³/mol. The topological polar surface area (TPSA) is 38.3 Å². The Morgan fingerprint density at radius 1 is 1.37 bits per heavy atom. The zero-order valence-corrected chi connectivity index (χ0v) is 11.0. The molecule has 0 fully saturated rings. The highest BCUT2D eigenvalue weighted by molar-refractivity contribution is 5.98. The highest BCUT2D eigenvalue weighted by Crippen LogP contribution is 2.32. The summed E-state index contributed by atoms with van der Waals surface area (Å²) in [4.78, 5) is 11.9. The van der Waals surface area contributed by atoms with E-state index < -0.39 is 0 Å². The molecule has 0 amide bonds. The Hall–Kier alpha value is -2.03. The molecule has 0 radical (unpaired) electrons. The van der Waals surface area contributed by atoms with Crippen LogP contribution in [0.3, 0.4) is 0 Å². The monoisotopic (exact) mass is 255 g/mol. The lowest BCUT2D eigenvalue weighted by Gasteiger charge is -2.29. The van der Waals surface area contributed by atoms with Crippen LogP contribution in [-0.4, -0.2) is 12.9 Å². The Balaban J connectivity index is 1.86. The molecule has 98 valence electrons. The summed E-state index contributed by atoms with van der Waals surface area (Å²) in [5, 5.41) is 3.40. The predicted octanol–water partition coefficient (Wildman–Crippen LogP) is 2.90. The van der Waals surface area contributed by atoms with Gasteiger partial charge in [0.1, 0.15) is 5.75 Å². The van der Waals surface area contributed by atoms with Crippen LogP contribution in [0.5, 0.6) is 5.75 Å². The molecule has 3 nitrogen and oxygen atoms in total. The molecule has 1 aromatic rings. The molecule has 1 atom stereocenters. The third kappa shape index (κ3) is 2.28. The molecule has 0 saturated carbocycles. The van der Waals surface area contributed by atoms with Gasteiger partial charge in [-0.25, -0.2) is 0 Å². The molecule has 1 N–H and O–H groups in total. The molecule has 3 rings (SSSR count). The quantitative estimate of drug-likeness (QED) is 0.883. The minimum atomic E-state index is 0.198. The molecule has 0 aromatic heterocycles. The normalized spacial score (nSPS) is 21.9. The number of carbonyl (C=O) groups is 1. The Labute approximate surface area is 113 Å². The molecular formula is C16H17NO2. The average Bonchev–Trinajstić information content (AvgIpc) is 2.47. The van der Waals surface area contributed by atoms with Crippen LogP contribution in [0, 0.1) is 0 Å². The molecule has 0 bridgehead atoms. The number of methoxy groups -OCH3 is 1. The van der Waals surface area contributed by atoms with E-state index in [2.05, 4.69) is 17.5 Å². The maximum absolute atomic E-state index is 11.9. The molecule has 1 aromatic carbocycles. The van der Waals surface area contributed by atoms with Gasteiger partial charge in [-0.2, -0.15) is 0 Å². The van der Waals surface area contributed by atoms with E-state index >= 15 is 0 Å². The fraction of sp³-hybridized carbons (Fsp3) is 0.312. The number of ether oxygens (including phenoxy) is 1. The standard InChI is InChI=1S/C16H17NO2/c1-19-13-6-2-5-12(10-13)14-9-8-11-4-3-7-15(18)16(11)17-14/h2-6,10,14,17H,7-9H2,1H3. The van der Waals surface area contributed by atoms with Crippen molar-refractivity contribution in [3.63, 3.8) is 0 Å². The van der Waals surface area contributed by atoms with Gasteiger partial charge in [0.2, 0.25) is 0 Å². The van der Waals surface area contributed by atoms with Gasteiger partial charge in [-0.3, -0.25) is 4.79 Å². The Morgan fingerprint density at radius 3 is 3.11 bits per heavy atom. The first-order valence-corrected chi connectivity index (χ1v) is 6.61. The van der Waals surface area contributed by atoms with Crippen molar-refractivity contribution in [3.8, 4) is 5.75 Å². The van der Waals surface area contributed by atoms with Crippen molar-refractivity contribution in [2.45, 2.75) is 25.3 Å². The van der Waals surface area contributed by atoms with Crippen LogP contribution in [0.2, 0.25) is 0 Å². The largest absolute Gasteiger partial charge is 0.497 e. The zero-order valence-electron chi connectivity index (χ0n) is 11.0. The van der Waals surface area contributed by atoms with Gasteiger partial charge in [-0.05, 0) is 36.1 Å². The van der Waals surface area contributed by atoms with E-state index in [9.17, 15) is 4.79 Å². The van der Waals surface area contributed by atoms with Crippen LogP contribution in [0.4, 0.5) is 0 Å². The molecule has 1 aliphatic heterocycles. The number of allylic oxidation sites excluding steroid dienone is 4. The zero-order chi connectivity index (χ0) is 13.2. The van der Waals surface area contributed by atoms with E-state index in [1.807, 2.05) is 24.3 Å². The highest BCUT2D eigenvalue weighted by atomic mass is 16.5. The van der Waals surface area contributed by atoms with E-state index in [4.69, 9.17) is 4.74 Å². The smallest absolute Gasteiger partial charge is 0.182 e. The second-order valence-corrected chi connectivity index (χ2v) is 4.94. The molecule has 1 heterocycles. The number of nitrogens with one attached hydrogen (secondary N) is 1. The van der Waals surface area contributed by atoms with Crippen LogP contribution in [0.1, 0.15) is 30.9 Å². The van der Waals surface area contributed by atoms with Gasteiger partial charge >= 0.3 is 0 Å². The lowest BCUT2D eigenvalue weighted by Crippen LogP contribution is -2.31. The summed E-state index contributed by atoms with van der Waals surface area (Å²) in [5.74, 6) is 1.05. The van der Waals surface area contributed by atoms with Crippen molar-refractivity contribution in [3.05, 3.63) is 53.3 Å². The molecule has 2 aliphatic rings. The first kappa shape index (κ1) is 12.0. The first-order chi connectivity index (χ1) is 9.28. The van der Waals surface area contributed by atoms with Gasteiger partial charge in [0.05, 0.1) is 18.8 Å². The van der Waals surface area contributed by atoms with Gasteiger partial charge in [-0.1, -0.05) is 24.3 Å². The van der Waals surface area contributed by atoms with E-state index in [0.29, 0.717) is 6.42 Å². The molecule has 0 saturated heterocycles. The lowest BCUT2D eigenvalue weighted by atomic mass is 9.89. The summed E-state index contributed by atoms with van der Waals surface area (Å²) in [6.07, 6.45) is 6.49. The van der Waals surface area contributed by atoms with Crippen molar-refractivity contribution < 1.29 is 9.53 Å². The fourth-order valence-electron chi connectivity index (χ4n) is 2.71. The maximum atomic E-state index is 11.9. The van der Waals surface area contributed by atoms with Crippen LogP contribution in [0.25, 0.3) is 0 Å². The van der Waals surface area contributed by atoms with Crippen LogP contribution in [0.15, 0.2) is 47.7 Å². The van der Waals surface area contributed by atoms with E-state index in [-0.39, 0.29) is 11.8 Å². The lowest BCUT2D eigenvalue weighted by molar-refractivity contribution is -0.115. The molecule has 19 heavy (non-hydrogen) atoms. The van der Waals surface area contributed by atoms with Crippen molar-refractivity contribution in [2.75, 3.05) is 7.11 Å². The number of rotatable bonds is 2. The molecular weight excluding hydrogens is 238 g/mol. The maximum Gasteiger partial charge on any atom is 0.182 e. The summed E-state index contributed by atoms with van der Waals surface area (Å²) in [6.45, 7) is 0. The molecule has 1 aliphatic carbocycles. The second kappa shape index (κ2) is 4.92. The minimum absolute atomic E-state index is 0.198. The summed E-state index contributed by atoms with van der Waals surface area (Å²) >= 11 is 0. The third-order valence-corrected chi connectivity index (χ3v) is 3.74. The van der Waals surface area contributed by atoms with Gasteiger partial charge < -0.3 is 10.1 Å². The van der Waals surface area contributed by atoms with Gasteiger partial charge in [0.25, 0.3) is 0 Å². The summed E-state index contributed by atoms with van der Waals surface area (Å²) in [6, 6.07) is 8.24. The minimum Gasteiger partial charge on any atom is -0.497 e. The van der Waals surface area contributed by atoms with Crippen LogP contribution in [-0.2, 0) is 4.79 Å². The second-order valence-electron chi connectivity index (χ2n) is 4.94. The van der Waals surface area contributed by atoms with Crippen molar-refractivity contribution >= 4 is 5.78 Å². The molecule has 3 heteroatoms. The molecule has 1 unspecified atom stereocenters. The molecule has 0 spiro atoms.